The van der Waals surface area contributed by atoms with Crippen LogP contribution in [0, 0.1) is 18.3 Å². The van der Waals surface area contributed by atoms with Gasteiger partial charge in [0.1, 0.15) is 5.75 Å². The molecule has 0 N–H and O–H groups in total. The molecule has 0 amide bonds. The molecule has 2 fully saturated rings. The lowest BCUT2D eigenvalue weighted by molar-refractivity contribution is -0.145. The fraction of sp³-hybridized carbons (Fsp3) is 0.667. The van der Waals surface area contributed by atoms with Gasteiger partial charge in [0.2, 0.25) is 0 Å². The lowest BCUT2D eigenvalue weighted by Crippen LogP contribution is -2.48. The molecule has 0 atom stereocenters. The number of ether oxygens (including phenoxy) is 2. The molecule has 1 saturated carbocycles. The van der Waals surface area contributed by atoms with E-state index in [1.165, 1.54) is 31.2 Å². The molecule has 0 radical (unpaired) electrons. The van der Waals surface area contributed by atoms with Gasteiger partial charge in [-0.2, -0.15) is 0 Å². The maximum atomic E-state index is 11.6. The van der Waals surface area contributed by atoms with Gasteiger partial charge in [-0.25, -0.2) is 0 Å². The lowest BCUT2D eigenvalue weighted by atomic mass is 9.57. The highest BCUT2D eigenvalue weighted by molar-refractivity contribution is 9.10. The SMILES string of the molecule is CCOC(=O)CN1CCC2(CC1)CC(CCOc1cccc(Br)c1C)C2. The number of hydrogen-bond acceptors (Lipinski definition) is 4. The van der Waals surface area contributed by atoms with Gasteiger partial charge in [0.15, 0.2) is 0 Å². The largest absolute Gasteiger partial charge is 0.493 e. The van der Waals surface area contributed by atoms with Crippen molar-refractivity contribution in [1.29, 1.82) is 0 Å². The quantitative estimate of drug-likeness (QED) is 0.601. The number of piperidine rings is 1. The third-order valence-corrected chi connectivity index (χ3v) is 6.88. The highest BCUT2D eigenvalue weighted by atomic mass is 79.9. The third-order valence-electron chi connectivity index (χ3n) is 6.02. The second kappa shape index (κ2) is 8.75. The first-order valence-corrected chi connectivity index (χ1v) is 10.6. The van der Waals surface area contributed by atoms with E-state index in [9.17, 15) is 4.79 Å². The number of likely N-dealkylation sites (tertiary alicyclic amines) is 1. The van der Waals surface area contributed by atoms with Gasteiger partial charge in [-0.15, -0.1) is 0 Å². The zero-order valence-corrected chi connectivity index (χ0v) is 17.5. The Morgan fingerprint density at radius 1 is 1.31 bits per heavy atom. The van der Waals surface area contributed by atoms with Gasteiger partial charge in [0.05, 0.1) is 19.8 Å². The van der Waals surface area contributed by atoms with Gasteiger partial charge in [0, 0.05) is 10.0 Å². The minimum atomic E-state index is -0.0880. The predicted molar refractivity (Wildman–Crippen MR) is 106 cm³/mol. The highest BCUT2D eigenvalue weighted by Crippen LogP contribution is 2.53. The van der Waals surface area contributed by atoms with Crippen molar-refractivity contribution in [3.63, 3.8) is 0 Å². The Balaban J connectivity index is 1.34. The molecular weight excluding hydrogens is 394 g/mol. The summed E-state index contributed by atoms with van der Waals surface area (Å²) in [5, 5.41) is 0. The predicted octanol–water partition coefficient (Wildman–Crippen LogP) is 4.58. The molecule has 2 aliphatic rings. The molecule has 1 aliphatic heterocycles. The maximum absolute atomic E-state index is 11.6. The van der Waals surface area contributed by atoms with E-state index in [1.807, 2.05) is 25.1 Å². The first-order chi connectivity index (χ1) is 12.5. The minimum Gasteiger partial charge on any atom is -0.493 e. The van der Waals surface area contributed by atoms with Crippen molar-refractivity contribution in [3.8, 4) is 5.75 Å². The molecule has 0 unspecified atom stereocenters. The topological polar surface area (TPSA) is 38.8 Å². The van der Waals surface area contributed by atoms with E-state index in [4.69, 9.17) is 9.47 Å². The second-order valence-corrected chi connectivity index (χ2v) is 8.71. The van der Waals surface area contributed by atoms with E-state index in [0.29, 0.717) is 18.6 Å². The molecule has 0 bridgehead atoms. The van der Waals surface area contributed by atoms with Gasteiger partial charge >= 0.3 is 5.97 Å². The molecule has 1 aromatic rings. The number of carbonyl (C=O) groups is 1. The van der Waals surface area contributed by atoms with Crippen LogP contribution in [-0.2, 0) is 9.53 Å². The van der Waals surface area contributed by atoms with Gasteiger partial charge < -0.3 is 9.47 Å². The highest BCUT2D eigenvalue weighted by Gasteiger charge is 2.45. The number of benzene rings is 1. The van der Waals surface area contributed by atoms with Crippen LogP contribution in [-0.4, -0.2) is 43.7 Å². The standard InChI is InChI=1S/C21H30BrNO3/c1-3-25-20(24)15-23-10-8-21(9-11-23)13-17(14-21)7-12-26-19-6-4-5-18(22)16(19)2/h4-6,17H,3,7-15H2,1-2H3. The van der Waals surface area contributed by atoms with Crippen molar-refractivity contribution in [2.45, 2.75) is 46.0 Å². The van der Waals surface area contributed by atoms with Crippen LogP contribution in [0.3, 0.4) is 0 Å². The fourth-order valence-electron chi connectivity index (χ4n) is 4.43. The number of halogens is 1. The van der Waals surface area contributed by atoms with Crippen molar-refractivity contribution in [2.75, 3.05) is 32.8 Å². The van der Waals surface area contributed by atoms with Crippen molar-refractivity contribution in [3.05, 3.63) is 28.2 Å². The average Bonchev–Trinajstić information content (AvgIpc) is 2.59. The van der Waals surface area contributed by atoms with Crippen LogP contribution in [0.4, 0.5) is 0 Å². The fourth-order valence-corrected chi connectivity index (χ4v) is 4.78. The first-order valence-electron chi connectivity index (χ1n) is 9.77. The van der Waals surface area contributed by atoms with E-state index in [1.54, 1.807) is 0 Å². The molecule has 0 aromatic heterocycles. The second-order valence-electron chi connectivity index (χ2n) is 7.86. The minimum absolute atomic E-state index is 0.0880. The molecule has 4 nitrogen and oxygen atoms in total. The first kappa shape index (κ1) is 19.7. The van der Waals surface area contributed by atoms with E-state index >= 15 is 0 Å². The summed E-state index contributed by atoms with van der Waals surface area (Å²) < 4.78 is 12.2. The van der Waals surface area contributed by atoms with Gasteiger partial charge in [-0.05, 0) is 82.5 Å². The molecule has 1 aliphatic carbocycles. The molecule has 1 aromatic carbocycles. The van der Waals surface area contributed by atoms with Crippen LogP contribution in [0.25, 0.3) is 0 Å². The Labute approximate surface area is 165 Å². The normalized spacial score (nSPS) is 20.0. The summed E-state index contributed by atoms with van der Waals surface area (Å²) >= 11 is 3.55. The monoisotopic (exact) mass is 423 g/mol. The van der Waals surface area contributed by atoms with Crippen molar-refractivity contribution in [1.82, 2.24) is 4.90 Å². The van der Waals surface area contributed by atoms with Crippen molar-refractivity contribution >= 4 is 21.9 Å². The molecule has 3 rings (SSSR count). The number of rotatable bonds is 7. The molecule has 26 heavy (non-hydrogen) atoms. The Morgan fingerprint density at radius 2 is 2.04 bits per heavy atom. The van der Waals surface area contributed by atoms with Crippen LogP contribution in [0.15, 0.2) is 22.7 Å². The number of hydrogen-bond donors (Lipinski definition) is 0. The van der Waals surface area contributed by atoms with Crippen LogP contribution in [0.5, 0.6) is 5.75 Å². The van der Waals surface area contributed by atoms with E-state index in [0.717, 1.165) is 42.3 Å². The van der Waals surface area contributed by atoms with Gasteiger partial charge in [0.25, 0.3) is 0 Å². The summed E-state index contributed by atoms with van der Waals surface area (Å²) in [5.41, 5.74) is 1.70. The molecule has 5 heteroatoms. The number of esters is 1. The van der Waals surface area contributed by atoms with E-state index in [-0.39, 0.29) is 5.97 Å². The molecule has 144 valence electrons. The molecular formula is C21H30BrNO3. The van der Waals surface area contributed by atoms with Crippen molar-refractivity contribution in [2.24, 2.45) is 11.3 Å². The molecule has 1 spiro atoms. The Bertz CT molecular complexity index is 618. The third kappa shape index (κ3) is 4.80. The summed E-state index contributed by atoms with van der Waals surface area (Å²) in [6.07, 6.45) is 6.21. The summed E-state index contributed by atoms with van der Waals surface area (Å²) in [6.45, 7) is 7.72. The number of nitrogens with zero attached hydrogens (tertiary/aromatic N) is 1. The summed E-state index contributed by atoms with van der Waals surface area (Å²) in [4.78, 5) is 13.9. The van der Waals surface area contributed by atoms with E-state index in [2.05, 4.69) is 27.8 Å². The van der Waals surface area contributed by atoms with Crippen LogP contribution in [0.2, 0.25) is 0 Å². The summed E-state index contributed by atoms with van der Waals surface area (Å²) in [7, 11) is 0. The van der Waals surface area contributed by atoms with Crippen LogP contribution < -0.4 is 4.74 Å². The average molecular weight is 424 g/mol. The molecule has 1 heterocycles. The lowest BCUT2D eigenvalue weighted by Gasteiger charge is -2.52. The summed E-state index contributed by atoms with van der Waals surface area (Å²) in [6, 6.07) is 6.11. The number of carbonyl (C=O) groups excluding carboxylic acids is 1. The van der Waals surface area contributed by atoms with Gasteiger partial charge in [-0.3, -0.25) is 9.69 Å². The smallest absolute Gasteiger partial charge is 0.320 e. The zero-order valence-electron chi connectivity index (χ0n) is 15.9. The van der Waals surface area contributed by atoms with Crippen LogP contribution >= 0.6 is 15.9 Å². The van der Waals surface area contributed by atoms with Gasteiger partial charge in [-0.1, -0.05) is 22.0 Å². The molecule has 1 saturated heterocycles. The Morgan fingerprint density at radius 3 is 2.73 bits per heavy atom. The van der Waals surface area contributed by atoms with E-state index < -0.39 is 0 Å². The Kier molecular flexibility index (Phi) is 6.62. The van der Waals surface area contributed by atoms with Crippen LogP contribution in [0.1, 0.15) is 44.6 Å². The maximum Gasteiger partial charge on any atom is 0.320 e. The van der Waals surface area contributed by atoms with Crippen molar-refractivity contribution < 1.29 is 14.3 Å². The summed E-state index contributed by atoms with van der Waals surface area (Å²) in [5.74, 6) is 1.69. The zero-order chi connectivity index (χ0) is 18.6. The Hall–Kier alpha value is -1.07.